The van der Waals surface area contributed by atoms with E-state index in [-0.39, 0.29) is 0 Å². The fraction of sp³-hybridized carbons (Fsp3) is 0.385. The van der Waals surface area contributed by atoms with Gasteiger partial charge < -0.3 is 0 Å². The van der Waals surface area contributed by atoms with Gasteiger partial charge in [-0.2, -0.15) is 10.5 Å². The average Bonchev–Trinajstić information content (AvgIpc) is 2.29. The topological polar surface area (TPSA) is 47.6 Å². The zero-order valence-corrected chi connectivity index (χ0v) is 8.95. The van der Waals surface area contributed by atoms with Crippen LogP contribution in [0.15, 0.2) is 18.2 Å². The minimum Gasteiger partial charge on any atom is -0.192 e. The SMILES string of the molecule is CCCCCc1cc(C#N)cc(C#N)c1. The molecule has 0 unspecified atom stereocenters. The van der Waals surface area contributed by atoms with Gasteiger partial charge in [-0.25, -0.2) is 0 Å². The van der Waals surface area contributed by atoms with Crippen LogP contribution in [-0.2, 0) is 6.42 Å². The van der Waals surface area contributed by atoms with Crippen LogP contribution in [0.2, 0.25) is 0 Å². The van der Waals surface area contributed by atoms with Gasteiger partial charge in [0.15, 0.2) is 0 Å². The summed E-state index contributed by atoms with van der Waals surface area (Å²) in [5, 5.41) is 17.6. The van der Waals surface area contributed by atoms with Gasteiger partial charge in [0.1, 0.15) is 0 Å². The van der Waals surface area contributed by atoms with Crippen molar-refractivity contribution in [1.29, 1.82) is 10.5 Å². The molecule has 0 atom stereocenters. The summed E-state index contributed by atoms with van der Waals surface area (Å²) in [6, 6.07) is 9.53. The molecule has 0 N–H and O–H groups in total. The first-order chi connectivity index (χ1) is 7.30. The van der Waals surface area contributed by atoms with E-state index in [4.69, 9.17) is 10.5 Å². The van der Waals surface area contributed by atoms with Gasteiger partial charge in [0.05, 0.1) is 23.3 Å². The number of hydrogen-bond acceptors (Lipinski definition) is 2. The lowest BCUT2D eigenvalue weighted by Gasteiger charge is -2.01. The molecule has 0 fully saturated rings. The van der Waals surface area contributed by atoms with E-state index in [9.17, 15) is 0 Å². The summed E-state index contributed by atoms with van der Waals surface area (Å²) in [6.45, 7) is 2.16. The fourth-order valence-electron chi connectivity index (χ4n) is 1.54. The largest absolute Gasteiger partial charge is 0.192 e. The second-order valence-electron chi connectivity index (χ2n) is 3.60. The summed E-state index contributed by atoms with van der Waals surface area (Å²) in [4.78, 5) is 0. The Morgan fingerprint density at radius 2 is 1.60 bits per heavy atom. The van der Waals surface area contributed by atoms with E-state index in [1.54, 1.807) is 6.07 Å². The summed E-state index contributed by atoms with van der Waals surface area (Å²) < 4.78 is 0. The highest BCUT2D eigenvalue weighted by atomic mass is 14.3. The molecule has 2 nitrogen and oxygen atoms in total. The van der Waals surface area contributed by atoms with Crippen LogP contribution in [0.4, 0.5) is 0 Å². The van der Waals surface area contributed by atoms with Crippen LogP contribution in [0.25, 0.3) is 0 Å². The molecular formula is C13H14N2. The third-order valence-electron chi connectivity index (χ3n) is 2.32. The monoisotopic (exact) mass is 198 g/mol. The van der Waals surface area contributed by atoms with E-state index in [0.29, 0.717) is 11.1 Å². The minimum absolute atomic E-state index is 0.584. The van der Waals surface area contributed by atoms with Gasteiger partial charge in [-0.1, -0.05) is 19.8 Å². The summed E-state index contributed by atoms with van der Waals surface area (Å²) in [5.74, 6) is 0. The van der Waals surface area contributed by atoms with Gasteiger partial charge in [-0.15, -0.1) is 0 Å². The Hall–Kier alpha value is -1.80. The van der Waals surface area contributed by atoms with Crippen LogP contribution >= 0.6 is 0 Å². The molecule has 0 spiro atoms. The lowest BCUT2D eigenvalue weighted by Crippen LogP contribution is -1.89. The van der Waals surface area contributed by atoms with Gasteiger partial charge >= 0.3 is 0 Å². The molecule has 1 rings (SSSR count). The molecule has 0 aliphatic carbocycles. The van der Waals surface area contributed by atoms with Gasteiger partial charge in [0.25, 0.3) is 0 Å². The predicted octanol–water partition coefficient (Wildman–Crippen LogP) is 3.16. The third-order valence-corrected chi connectivity index (χ3v) is 2.32. The highest BCUT2D eigenvalue weighted by Gasteiger charge is 2.00. The number of aryl methyl sites for hydroxylation is 1. The van der Waals surface area contributed by atoms with E-state index in [0.717, 1.165) is 18.4 Å². The van der Waals surface area contributed by atoms with Gasteiger partial charge in [0, 0.05) is 0 Å². The lowest BCUT2D eigenvalue weighted by molar-refractivity contribution is 0.717. The molecule has 0 amide bonds. The highest BCUT2D eigenvalue weighted by Crippen LogP contribution is 2.12. The summed E-state index contributed by atoms with van der Waals surface area (Å²) >= 11 is 0. The minimum atomic E-state index is 0.584. The van der Waals surface area contributed by atoms with Crippen molar-refractivity contribution in [3.63, 3.8) is 0 Å². The highest BCUT2D eigenvalue weighted by molar-refractivity contribution is 5.42. The second kappa shape index (κ2) is 5.83. The molecule has 0 bridgehead atoms. The number of nitrogens with zero attached hydrogens (tertiary/aromatic N) is 2. The molecule has 1 aromatic carbocycles. The maximum atomic E-state index is 8.79. The van der Waals surface area contributed by atoms with Crippen LogP contribution in [0.3, 0.4) is 0 Å². The van der Waals surface area contributed by atoms with Gasteiger partial charge in [0.2, 0.25) is 0 Å². The van der Waals surface area contributed by atoms with E-state index >= 15 is 0 Å². The Kier molecular flexibility index (Phi) is 4.38. The van der Waals surface area contributed by atoms with E-state index in [1.807, 2.05) is 12.1 Å². The van der Waals surface area contributed by atoms with Crippen molar-refractivity contribution >= 4 is 0 Å². The lowest BCUT2D eigenvalue weighted by atomic mass is 10.0. The number of benzene rings is 1. The molecule has 1 aromatic rings. The second-order valence-corrected chi connectivity index (χ2v) is 3.60. The maximum Gasteiger partial charge on any atom is 0.0992 e. The van der Waals surface area contributed by atoms with Crippen molar-refractivity contribution in [1.82, 2.24) is 0 Å². The van der Waals surface area contributed by atoms with Crippen molar-refractivity contribution in [2.24, 2.45) is 0 Å². The average molecular weight is 198 g/mol. The summed E-state index contributed by atoms with van der Waals surface area (Å²) in [5.41, 5.74) is 2.26. The quantitative estimate of drug-likeness (QED) is 0.697. The standard InChI is InChI=1S/C13H14N2/c1-2-3-4-5-11-6-12(9-14)8-13(7-11)10-15/h6-8H,2-5H2,1H3. The van der Waals surface area contributed by atoms with Crippen molar-refractivity contribution in [3.05, 3.63) is 34.9 Å². The first kappa shape index (κ1) is 11.3. The van der Waals surface area contributed by atoms with E-state index in [2.05, 4.69) is 19.1 Å². The fourth-order valence-corrected chi connectivity index (χ4v) is 1.54. The Balaban J connectivity index is 2.80. The van der Waals surface area contributed by atoms with E-state index in [1.165, 1.54) is 12.8 Å². The molecule has 0 saturated carbocycles. The van der Waals surface area contributed by atoms with Crippen LogP contribution in [0, 0.1) is 22.7 Å². The number of nitriles is 2. The molecule has 0 aliphatic heterocycles. The normalized spacial score (nSPS) is 9.27. The van der Waals surface area contributed by atoms with Crippen LogP contribution < -0.4 is 0 Å². The number of hydrogen-bond donors (Lipinski definition) is 0. The molecule has 2 heteroatoms. The van der Waals surface area contributed by atoms with Crippen LogP contribution in [-0.4, -0.2) is 0 Å². The molecule has 0 radical (unpaired) electrons. The Bertz CT molecular complexity index is 375. The molecule has 0 saturated heterocycles. The molecular weight excluding hydrogens is 184 g/mol. The summed E-state index contributed by atoms with van der Waals surface area (Å²) in [7, 11) is 0. The molecule has 0 aromatic heterocycles. The third kappa shape index (κ3) is 3.44. The van der Waals surface area contributed by atoms with Crippen LogP contribution in [0.1, 0.15) is 42.9 Å². The molecule has 0 aliphatic rings. The van der Waals surface area contributed by atoms with Crippen molar-refractivity contribution in [3.8, 4) is 12.1 Å². The number of rotatable bonds is 4. The predicted molar refractivity (Wildman–Crippen MR) is 59.1 cm³/mol. The van der Waals surface area contributed by atoms with Crippen molar-refractivity contribution in [2.45, 2.75) is 32.6 Å². The first-order valence-electron chi connectivity index (χ1n) is 5.24. The van der Waals surface area contributed by atoms with Crippen LogP contribution in [0.5, 0.6) is 0 Å². The first-order valence-corrected chi connectivity index (χ1v) is 5.24. The molecule has 76 valence electrons. The molecule has 0 heterocycles. The molecule has 15 heavy (non-hydrogen) atoms. The van der Waals surface area contributed by atoms with Crippen molar-refractivity contribution in [2.75, 3.05) is 0 Å². The Morgan fingerprint density at radius 3 is 2.07 bits per heavy atom. The summed E-state index contributed by atoms with van der Waals surface area (Å²) in [6.07, 6.45) is 4.45. The Labute approximate surface area is 90.8 Å². The van der Waals surface area contributed by atoms with Gasteiger partial charge in [-0.3, -0.25) is 0 Å². The smallest absolute Gasteiger partial charge is 0.0992 e. The zero-order chi connectivity index (χ0) is 11.1. The maximum absolute atomic E-state index is 8.79. The Morgan fingerprint density at radius 1 is 1.00 bits per heavy atom. The zero-order valence-electron chi connectivity index (χ0n) is 8.95. The van der Waals surface area contributed by atoms with Gasteiger partial charge in [-0.05, 0) is 36.6 Å². The van der Waals surface area contributed by atoms with E-state index < -0.39 is 0 Å². The van der Waals surface area contributed by atoms with Crippen molar-refractivity contribution < 1.29 is 0 Å². The number of unbranched alkanes of at least 4 members (excludes halogenated alkanes) is 2.